The molecule has 1 aliphatic heterocycles. The summed E-state index contributed by atoms with van der Waals surface area (Å²) in [6.07, 6.45) is 0. The van der Waals surface area contributed by atoms with Crippen molar-refractivity contribution in [3.8, 4) is 23.0 Å². The Morgan fingerprint density at radius 1 is 0.571 bits per heavy atom. The lowest BCUT2D eigenvalue weighted by Gasteiger charge is -2.20. The minimum Gasteiger partial charge on any atom is -0.456 e. The minimum absolute atomic E-state index is 0.716. The maximum atomic E-state index is 6.07. The lowest BCUT2D eigenvalue weighted by molar-refractivity contribution is 0.363. The number of hydrogen-bond acceptors (Lipinski definition) is 3. The van der Waals surface area contributed by atoms with Gasteiger partial charge in [-0.25, -0.2) is 0 Å². The normalized spacial score (nSPS) is 12.6. The predicted octanol–water partition coefficient (Wildman–Crippen LogP) is 5.48. The molecule has 0 bridgehead atoms. The number of para-hydroxylation sites is 3. The van der Waals surface area contributed by atoms with Crippen LogP contribution in [0.25, 0.3) is 21.9 Å². The second-order valence-electron chi connectivity index (χ2n) is 5.02. The van der Waals surface area contributed by atoms with Gasteiger partial charge in [-0.2, -0.15) is 0 Å². The highest BCUT2D eigenvalue weighted by Gasteiger charge is 2.23. The first-order chi connectivity index (χ1) is 10.4. The summed E-state index contributed by atoms with van der Waals surface area (Å²) in [7, 11) is 0. The standard InChI is InChI=1S/C18H10O3/c1-2-6-12-11(5-1)17-15(19-12)9-10-16-18(17)21-14-8-4-3-7-13(14)20-16/h1-10H. The van der Waals surface area contributed by atoms with Crippen molar-refractivity contribution < 1.29 is 13.9 Å². The van der Waals surface area contributed by atoms with Crippen LogP contribution in [-0.4, -0.2) is 0 Å². The van der Waals surface area contributed by atoms with E-state index in [0.29, 0.717) is 5.75 Å². The summed E-state index contributed by atoms with van der Waals surface area (Å²) in [5.74, 6) is 2.89. The van der Waals surface area contributed by atoms with E-state index >= 15 is 0 Å². The summed E-state index contributed by atoms with van der Waals surface area (Å²) < 4.78 is 17.9. The molecule has 3 nitrogen and oxygen atoms in total. The molecule has 100 valence electrons. The van der Waals surface area contributed by atoms with Gasteiger partial charge in [0.1, 0.15) is 11.2 Å². The maximum Gasteiger partial charge on any atom is 0.181 e. The van der Waals surface area contributed by atoms with Crippen molar-refractivity contribution in [1.29, 1.82) is 0 Å². The third kappa shape index (κ3) is 1.43. The molecule has 4 aromatic rings. The van der Waals surface area contributed by atoms with E-state index in [1.165, 1.54) is 0 Å². The third-order valence-corrected chi connectivity index (χ3v) is 3.74. The zero-order chi connectivity index (χ0) is 13.8. The van der Waals surface area contributed by atoms with Crippen LogP contribution in [0, 0.1) is 0 Å². The summed E-state index contributed by atoms with van der Waals surface area (Å²) in [4.78, 5) is 0. The highest BCUT2D eigenvalue weighted by molar-refractivity contribution is 6.09. The maximum absolute atomic E-state index is 6.07. The Hall–Kier alpha value is -2.94. The van der Waals surface area contributed by atoms with Crippen LogP contribution < -0.4 is 9.47 Å². The Kier molecular flexibility index (Phi) is 1.95. The van der Waals surface area contributed by atoms with Gasteiger partial charge in [-0.15, -0.1) is 0 Å². The van der Waals surface area contributed by atoms with E-state index in [-0.39, 0.29) is 0 Å². The van der Waals surface area contributed by atoms with Crippen LogP contribution in [-0.2, 0) is 0 Å². The van der Waals surface area contributed by atoms with Crippen molar-refractivity contribution >= 4 is 21.9 Å². The van der Waals surface area contributed by atoms with Gasteiger partial charge in [0.2, 0.25) is 0 Å². The van der Waals surface area contributed by atoms with Gasteiger partial charge in [-0.1, -0.05) is 30.3 Å². The number of benzene rings is 3. The van der Waals surface area contributed by atoms with Crippen molar-refractivity contribution in [2.75, 3.05) is 0 Å². The van der Waals surface area contributed by atoms with Gasteiger partial charge in [0.15, 0.2) is 23.0 Å². The summed E-state index contributed by atoms with van der Waals surface area (Å²) >= 11 is 0. The van der Waals surface area contributed by atoms with Crippen LogP contribution in [0.3, 0.4) is 0 Å². The fraction of sp³-hybridized carbons (Fsp3) is 0. The molecule has 3 aromatic carbocycles. The smallest absolute Gasteiger partial charge is 0.181 e. The number of fused-ring (bicyclic) bond motifs is 6. The van der Waals surface area contributed by atoms with E-state index in [1.807, 2.05) is 60.7 Å². The fourth-order valence-corrected chi connectivity index (χ4v) is 2.80. The van der Waals surface area contributed by atoms with Crippen molar-refractivity contribution in [3.63, 3.8) is 0 Å². The van der Waals surface area contributed by atoms with Crippen LogP contribution in [0.2, 0.25) is 0 Å². The zero-order valence-corrected chi connectivity index (χ0v) is 11.0. The van der Waals surface area contributed by atoms with E-state index < -0.39 is 0 Å². The van der Waals surface area contributed by atoms with Crippen molar-refractivity contribution in [2.24, 2.45) is 0 Å². The minimum atomic E-state index is 0.716. The van der Waals surface area contributed by atoms with Gasteiger partial charge in [-0.05, 0) is 30.3 Å². The highest BCUT2D eigenvalue weighted by atomic mass is 16.6. The van der Waals surface area contributed by atoms with E-state index in [9.17, 15) is 0 Å². The van der Waals surface area contributed by atoms with Crippen molar-refractivity contribution in [3.05, 3.63) is 60.7 Å². The summed E-state index contributed by atoms with van der Waals surface area (Å²) in [6, 6.07) is 19.4. The topological polar surface area (TPSA) is 31.6 Å². The van der Waals surface area contributed by atoms with E-state index in [4.69, 9.17) is 13.9 Å². The Labute approximate surface area is 120 Å². The van der Waals surface area contributed by atoms with Gasteiger partial charge in [0.25, 0.3) is 0 Å². The first-order valence-electron chi connectivity index (χ1n) is 6.79. The lowest BCUT2D eigenvalue weighted by Crippen LogP contribution is -1.98. The molecule has 0 N–H and O–H groups in total. The highest BCUT2D eigenvalue weighted by Crippen LogP contribution is 2.50. The van der Waals surface area contributed by atoms with Crippen LogP contribution >= 0.6 is 0 Å². The molecule has 0 amide bonds. The fourth-order valence-electron chi connectivity index (χ4n) is 2.80. The van der Waals surface area contributed by atoms with Gasteiger partial charge in [0, 0.05) is 5.39 Å². The predicted molar refractivity (Wildman–Crippen MR) is 80.3 cm³/mol. The van der Waals surface area contributed by atoms with Gasteiger partial charge in [0.05, 0.1) is 5.39 Å². The molecule has 1 aliphatic rings. The molecule has 2 heterocycles. The van der Waals surface area contributed by atoms with E-state index in [1.54, 1.807) is 0 Å². The van der Waals surface area contributed by atoms with Crippen LogP contribution in [0.1, 0.15) is 0 Å². The Balaban J connectivity index is 1.86. The van der Waals surface area contributed by atoms with Crippen LogP contribution in [0.4, 0.5) is 0 Å². The number of hydrogen-bond donors (Lipinski definition) is 0. The Bertz CT molecular complexity index is 998. The van der Waals surface area contributed by atoms with E-state index in [0.717, 1.165) is 39.2 Å². The number of ether oxygens (including phenoxy) is 2. The van der Waals surface area contributed by atoms with Gasteiger partial charge >= 0.3 is 0 Å². The SMILES string of the molecule is c1ccc2c(c1)Oc1ccc3oc4ccccc4c3c1O2. The van der Waals surface area contributed by atoms with Crippen LogP contribution in [0.5, 0.6) is 23.0 Å². The van der Waals surface area contributed by atoms with Crippen molar-refractivity contribution in [1.82, 2.24) is 0 Å². The molecule has 0 saturated heterocycles. The molecule has 0 fully saturated rings. The first-order valence-corrected chi connectivity index (χ1v) is 6.79. The van der Waals surface area contributed by atoms with Crippen molar-refractivity contribution in [2.45, 2.75) is 0 Å². The molecule has 21 heavy (non-hydrogen) atoms. The lowest BCUT2D eigenvalue weighted by atomic mass is 10.1. The first kappa shape index (κ1) is 10.8. The number of furan rings is 1. The second kappa shape index (κ2) is 3.79. The van der Waals surface area contributed by atoms with E-state index in [2.05, 4.69) is 0 Å². The summed E-state index contributed by atoms with van der Waals surface area (Å²) in [5, 5.41) is 1.99. The average molecular weight is 274 g/mol. The second-order valence-corrected chi connectivity index (χ2v) is 5.02. The summed E-state index contributed by atoms with van der Waals surface area (Å²) in [5.41, 5.74) is 1.65. The molecular weight excluding hydrogens is 264 g/mol. The largest absolute Gasteiger partial charge is 0.456 e. The third-order valence-electron chi connectivity index (χ3n) is 3.74. The van der Waals surface area contributed by atoms with Gasteiger partial charge < -0.3 is 13.9 Å². The molecule has 0 unspecified atom stereocenters. The van der Waals surface area contributed by atoms with Crippen LogP contribution in [0.15, 0.2) is 65.1 Å². The molecule has 0 atom stereocenters. The molecule has 5 rings (SSSR count). The number of rotatable bonds is 0. The Morgan fingerprint density at radius 3 is 2.24 bits per heavy atom. The van der Waals surface area contributed by atoms with Gasteiger partial charge in [-0.3, -0.25) is 0 Å². The molecule has 0 radical (unpaired) electrons. The Morgan fingerprint density at radius 2 is 1.33 bits per heavy atom. The molecular formula is C18H10O3. The molecule has 0 saturated carbocycles. The molecule has 1 aromatic heterocycles. The molecule has 3 heteroatoms. The average Bonchev–Trinajstić information content (AvgIpc) is 2.92. The zero-order valence-electron chi connectivity index (χ0n) is 11.0. The monoisotopic (exact) mass is 274 g/mol. The quantitative estimate of drug-likeness (QED) is 0.374. The molecule has 0 spiro atoms. The molecule has 0 aliphatic carbocycles. The summed E-state index contributed by atoms with van der Waals surface area (Å²) in [6.45, 7) is 0.